The highest BCUT2D eigenvalue weighted by atomic mass is 19.4. The van der Waals surface area contributed by atoms with Gasteiger partial charge in [0.1, 0.15) is 5.75 Å². The van der Waals surface area contributed by atoms with Gasteiger partial charge in [-0.2, -0.15) is 13.2 Å². The number of carbonyl (C=O) groups excluding carboxylic acids is 1. The SMILES string of the molecule is CCCCCCCCCCOc1ccc(-c2ccc(-c3ccc(C(=O)OCCCCCCOC(C)C(F)(F)F)cc3)cn2)cc1. The fourth-order valence-electron chi connectivity index (χ4n) is 4.84. The largest absolute Gasteiger partial charge is 0.494 e. The maximum atomic E-state index is 12.4. The van der Waals surface area contributed by atoms with Crippen LogP contribution in [0.1, 0.15) is 101 Å². The molecule has 45 heavy (non-hydrogen) atoms. The van der Waals surface area contributed by atoms with Crippen molar-refractivity contribution in [3.8, 4) is 28.1 Å². The number of pyridine rings is 1. The highest BCUT2D eigenvalue weighted by Gasteiger charge is 2.36. The van der Waals surface area contributed by atoms with Gasteiger partial charge in [-0.3, -0.25) is 4.98 Å². The molecule has 0 fully saturated rings. The van der Waals surface area contributed by atoms with Crippen LogP contribution in [-0.4, -0.2) is 43.1 Å². The van der Waals surface area contributed by atoms with E-state index in [1.807, 2.05) is 54.7 Å². The molecule has 2 aromatic carbocycles. The summed E-state index contributed by atoms with van der Waals surface area (Å²) in [4.78, 5) is 17.0. The molecular formula is C37H48F3NO4. The quantitative estimate of drug-likeness (QED) is 0.0869. The van der Waals surface area contributed by atoms with Crippen LogP contribution < -0.4 is 4.74 Å². The van der Waals surface area contributed by atoms with E-state index in [9.17, 15) is 18.0 Å². The first kappa shape index (κ1) is 36.1. The predicted molar refractivity (Wildman–Crippen MR) is 173 cm³/mol. The van der Waals surface area contributed by atoms with Crippen LogP contribution >= 0.6 is 0 Å². The molecule has 0 aliphatic carbocycles. The first-order valence-electron chi connectivity index (χ1n) is 16.4. The summed E-state index contributed by atoms with van der Waals surface area (Å²) >= 11 is 0. The lowest BCUT2D eigenvalue weighted by Crippen LogP contribution is -2.28. The van der Waals surface area contributed by atoms with Crippen LogP contribution in [-0.2, 0) is 9.47 Å². The van der Waals surface area contributed by atoms with E-state index in [2.05, 4.69) is 11.9 Å². The molecule has 0 N–H and O–H groups in total. The average Bonchev–Trinajstić information content (AvgIpc) is 3.05. The second kappa shape index (κ2) is 19.9. The molecule has 3 rings (SSSR count). The zero-order valence-corrected chi connectivity index (χ0v) is 26.7. The summed E-state index contributed by atoms with van der Waals surface area (Å²) in [7, 11) is 0. The van der Waals surface area contributed by atoms with Crippen LogP contribution in [0, 0.1) is 0 Å². The lowest BCUT2D eigenvalue weighted by Gasteiger charge is -2.16. The molecule has 0 radical (unpaired) electrons. The lowest BCUT2D eigenvalue weighted by molar-refractivity contribution is -0.214. The monoisotopic (exact) mass is 627 g/mol. The van der Waals surface area contributed by atoms with Gasteiger partial charge in [-0.15, -0.1) is 0 Å². The zero-order chi connectivity index (χ0) is 32.3. The van der Waals surface area contributed by atoms with Crippen LogP contribution in [0.2, 0.25) is 0 Å². The van der Waals surface area contributed by atoms with Gasteiger partial charge in [0.25, 0.3) is 0 Å². The second-order valence-corrected chi connectivity index (χ2v) is 11.5. The third-order valence-electron chi connectivity index (χ3n) is 7.73. The Bertz CT molecular complexity index is 1230. The molecule has 1 unspecified atom stereocenters. The van der Waals surface area contributed by atoms with Crippen LogP contribution in [0.15, 0.2) is 66.9 Å². The molecule has 0 saturated heterocycles. The third-order valence-corrected chi connectivity index (χ3v) is 7.73. The molecule has 0 bridgehead atoms. The minimum absolute atomic E-state index is 0.0626. The van der Waals surface area contributed by atoms with Crippen molar-refractivity contribution in [2.45, 2.75) is 103 Å². The standard InChI is InChI=1S/C37H48F3NO4/c1-3-4-5-6-7-8-9-13-26-44-34-22-19-31(20-23-34)35-24-21-33(28-41-35)30-15-17-32(18-16-30)36(42)45-27-14-11-10-12-25-43-29(2)37(38,39)40/h15-24,28-29H,3-14,25-27H2,1-2H3. The molecule has 3 aromatic rings. The number of nitrogens with zero attached hydrogens (tertiary/aromatic N) is 1. The molecule has 8 heteroatoms. The topological polar surface area (TPSA) is 57.7 Å². The fourth-order valence-corrected chi connectivity index (χ4v) is 4.84. The molecule has 1 heterocycles. The third kappa shape index (κ3) is 13.6. The second-order valence-electron chi connectivity index (χ2n) is 11.5. The van der Waals surface area contributed by atoms with Crippen LogP contribution in [0.3, 0.4) is 0 Å². The van der Waals surface area contributed by atoms with Crippen molar-refractivity contribution in [1.29, 1.82) is 0 Å². The molecule has 0 aliphatic rings. The van der Waals surface area contributed by atoms with Gasteiger partial charge in [0.2, 0.25) is 0 Å². The molecule has 1 atom stereocenters. The van der Waals surface area contributed by atoms with Gasteiger partial charge in [0, 0.05) is 23.9 Å². The minimum atomic E-state index is -4.33. The highest BCUT2D eigenvalue weighted by Crippen LogP contribution is 2.25. The summed E-state index contributed by atoms with van der Waals surface area (Å²) in [5, 5.41) is 0. The number of aromatic nitrogens is 1. The fraction of sp³-hybridized carbons (Fsp3) is 0.514. The number of benzene rings is 2. The summed E-state index contributed by atoms with van der Waals surface area (Å²) < 4.78 is 53.3. The maximum absolute atomic E-state index is 12.4. The first-order valence-corrected chi connectivity index (χ1v) is 16.4. The van der Waals surface area contributed by atoms with Crippen LogP contribution in [0.5, 0.6) is 5.75 Å². The Kier molecular flexibility index (Phi) is 15.9. The number of ether oxygens (including phenoxy) is 3. The molecular weight excluding hydrogens is 579 g/mol. The van der Waals surface area contributed by atoms with E-state index >= 15 is 0 Å². The Balaban J connectivity index is 1.34. The van der Waals surface area contributed by atoms with E-state index in [4.69, 9.17) is 14.2 Å². The Morgan fingerprint density at radius 3 is 1.84 bits per heavy atom. The van der Waals surface area contributed by atoms with E-state index < -0.39 is 18.2 Å². The number of hydrogen-bond donors (Lipinski definition) is 0. The number of alkyl halides is 3. The van der Waals surface area contributed by atoms with Crippen molar-refractivity contribution < 1.29 is 32.2 Å². The molecule has 1 aromatic heterocycles. The maximum Gasteiger partial charge on any atom is 0.414 e. The Morgan fingerprint density at radius 2 is 1.24 bits per heavy atom. The smallest absolute Gasteiger partial charge is 0.414 e. The summed E-state index contributed by atoms with van der Waals surface area (Å²) in [6, 6.07) is 19.2. The Morgan fingerprint density at radius 1 is 0.689 bits per heavy atom. The van der Waals surface area contributed by atoms with Gasteiger partial charge in [-0.25, -0.2) is 4.79 Å². The van der Waals surface area contributed by atoms with Crippen molar-refractivity contribution >= 4 is 5.97 Å². The normalized spacial score (nSPS) is 12.2. The van der Waals surface area contributed by atoms with E-state index in [0.29, 0.717) is 24.8 Å². The number of unbranched alkanes of at least 4 members (excludes halogenated alkanes) is 10. The highest BCUT2D eigenvalue weighted by molar-refractivity contribution is 5.90. The summed E-state index contributed by atoms with van der Waals surface area (Å²) in [6.45, 7) is 4.32. The number of esters is 1. The molecule has 5 nitrogen and oxygen atoms in total. The number of hydrogen-bond acceptors (Lipinski definition) is 5. The Hall–Kier alpha value is -3.39. The number of halogens is 3. The molecule has 0 spiro atoms. The van der Waals surface area contributed by atoms with Crippen LogP contribution in [0.25, 0.3) is 22.4 Å². The van der Waals surface area contributed by atoms with E-state index in [-0.39, 0.29) is 13.2 Å². The number of rotatable bonds is 21. The first-order chi connectivity index (χ1) is 21.8. The number of carbonyl (C=O) groups is 1. The van der Waals surface area contributed by atoms with Gasteiger partial charge in [-0.1, -0.05) is 76.5 Å². The van der Waals surface area contributed by atoms with E-state index in [1.165, 1.54) is 44.9 Å². The zero-order valence-electron chi connectivity index (χ0n) is 26.7. The molecule has 0 aliphatic heterocycles. The summed E-state index contributed by atoms with van der Waals surface area (Å²) in [5.74, 6) is 0.475. The molecule has 0 saturated carbocycles. The van der Waals surface area contributed by atoms with E-state index in [1.54, 1.807) is 12.1 Å². The van der Waals surface area contributed by atoms with Crippen molar-refractivity contribution in [2.24, 2.45) is 0 Å². The summed E-state index contributed by atoms with van der Waals surface area (Å²) in [6.07, 6.45) is 8.62. The lowest BCUT2D eigenvalue weighted by atomic mass is 10.0. The molecule has 246 valence electrons. The van der Waals surface area contributed by atoms with Crippen molar-refractivity contribution in [3.05, 3.63) is 72.4 Å². The van der Waals surface area contributed by atoms with Crippen molar-refractivity contribution in [3.63, 3.8) is 0 Å². The van der Waals surface area contributed by atoms with Gasteiger partial charge in [-0.05, 0) is 80.6 Å². The van der Waals surface area contributed by atoms with Gasteiger partial charge < -0.3 is 14.2 Å². The van der Waals surface area contributed by atoms with E-state index in [0.717, 1.165) is 54.5 Å². The van der Waals surface area contributed by atoms with Gasteiger partial charge >= 0.3 is 12.1 Å². The predicted octanol–water partition coefficient (Wildman–Crippen LogP) is 10.6. The molecule has 0 amide bonds. The summed E-state index contributed by atoms with van der Waals surface area (Å²) in [5.41, 5.74) is 4.23. The van der Waals surface area contributed by atoms with Crippen molar-refractivity contribution in [2.75, 3.05) is 19.8 Å². The van der Waals surface area contributed by atoms with Gasteiger partial charge in [0.05, 0.1) is 24.5 Å². The minimum Gasteiger partial charge on any atom is -0.494 e. The van der Waals surface area contributed by atoms with Crippen molar-refractivity contribution in [1.82, 2.24) is 4.98 Å². The Labute approximate surface area is 266 Å². The average molecular weight is 628 g/mol. The van der Waals surface area contributed by atoms with Crippen LogP contribution in [0.4, 0.5) is 13.2 Å². The van der Waals surface area contributed by atoms with Gasteiger partial charge in [0.15, 0.2) is 6.10 Å².